The highest BCUT2D eigenvalue weighted by Crippen LogP contribution is 2.35. The van der Waals surface area contributed by atoms with Gasteiger partial charge in [0.1, 0.15) is 0 Å². The highest BCUT2D eigenvalue weighted by molar-refractivity contribution is 6.00. The molecular weight excluding hydrogens is 224 g/mol. The number of hydrogen-bond donors (Lipinski definition) is 3. The summed E-state index contributed by atoms with van der Waals surface area (Å²) in [5, 5.41) is 11.6. The zero-order chi connectivity index (χ0) is 12.4. The lowest BCUT2D eigenvalue weighted by Crippen LogP contribution is -2.31. The van der Waals surface area contributed by atoms with Crippen LogP contribution in [0.3, 0.4) is 0 Å². The van der Waals surface area contributed by atoms with Gasteiger partial charge in [-0.25, -0.2) is 0 Å². The number of hydrogen-bond acceptors (Lipinski definition) is 5. The summed E-state index contributed by atoms with van der Waals surface area (Å²) < 4.78 is 10.3. The SMILES string of the molecule is C[C@H](O)CNC(=O)c1cc2c(cc1N)OCO2. The molecule has 92 valence electrons. The van der Waals surface area contributed by atoms with Gasteiger partial charge in [0.25, 0.3) is 5.91 Å². The first kappa shape index (κ1) is 11.5. The van der Waals surface area contributed by atoms with E-state index in [0.717, 1.165) is 0 Å². The fraction of sp³-hybridized carbons (Fsp3) is 0.364. The molecule has 1 heterocycles. The molecule has 0 aliphatic carbocycles. The zero-order valence-corrected chi connectivity index (χ0v) is 9.40. The number of carbonyl (C=O) groups excluding carboxylic acids is 1. The third-order valence-electron chi connectivity index (χ3n) is 2.35. The maximum Gasteiger partial charge on any atom is 0.253 e. The molecule has 1 atom stereocenters. The number of rotatable bonds is 3. The van der Waals surface area contributed by atoms with E-state index in [9.17, 15) is 4.79 Å². The summed E-state index contributed by atoms with van der Waals surface area (Å²) >= 11 is 0. The molecule has 6 nitrogen and oxygen atoms in total. The Morgan fingerprint density at radius 2 is 2.18 bits per heavy atom. The Hall–Kier alpha value is -1.95. The number of aliphatic hydroxyl groups excluding tert-OH is 1. The Labute approximate surface area is 98.3 Å². The Balaban J connectivity index is 2.18. The Morgan fingerprint density at radius 3 is 2.82 bits per heavy atom. The molecule has 1 aliphatic heterocycles. The van der Waals surface area contributed by atoms with Crippen molar-refractivity contribution < 1.29 is 19.4 Å². The molecule has 1 aromatic rings. The lowest BCUT2D eigenvalue weighted by molar-refractivity contribution is 0.0924. The van der Waals surface area contributed by atoms with Crippen LogP contribution in [-0.4, -0.2) is 30.5 Å². The Kier molecular flexibility index (Phi) is 3.06. The van der Waals surface area contributed by atoms with E-state index >= 15 is 0 Å². The molecule has 6 heteroatoms. The maximum atomic E-state index is 11.8. The quantitative estimate of drug-likeness (QED) is 0.650. The van der Waals surface area contributed by atoms with Crippen molar-refractivity contribution in [2.24, 2.45) is 0 Å². The first-order chi connectivity index (χ1) is 8.08. The minimum atomic E-state index is -0.603. The van der Waals surface area contributed by atoms with Gasteiger partial charge in [0.15, 0.2) is 11.5 Å². The smallest absolute Gasteiger partial charge is 0.253 e. The van der Waals surface area contributed by atoms with Crippen LogP contribution in [0, 0.1) is 0 Å². The molecule has 0 spiro atoms. The molecule has 0 saturated heterocycles. The minimum absolute atomic E-state index is 0.132. The molecule has 0 unspecified atom stereocenters. The van der Waals surface area contributed by atoms with Crippen LogP contribution in [0.5, 0.6) is 11.5 Å². The van der Waals surface area contributed by atoms with Gasteiger partial charge in [-0.2, -0.15) is 0 Å². The van der Waals surface area contributed by atoms with Gasteiger partial charge in [0, 0.05) is 18.3 Å². The number of aliphatic hydroxyl groups is 1. The van der Waals surface area contributed by atoms with Crippen molar-refractivity contribution >= 4 is 11.6 Å². The van der Waals surface area contributed by atoms with E-state index in [1.807, 2.05) is 0 Å². The number of nitrogens with two attached hydrogens (primary N) is 1. The molecular formula is C11H14N2O4. The molecule has 1 aromatic carbocycles. The van der Waals surface area contributed by atoms with Crippen LogP contribution in [0.1, 0.15) is 17.3 Å². The highest BCUT2D eigenvalue weighted by Gasteiger charge is 2.19. The lowest BCUT2D eigenvalue weighted by Gasteiger charge is -2.09. The van der Waals surface area contributed by atoms with Gasteiger partial charge in [0.2, 0.25) is 6.79 Å². The lowest BCUT2D eigenvalue weighted by atomic mass is 10.1. The van der Waals surface area contributed by atoms with E-state index in [2.05, 4.69) is 5.32 Å². The second-order valence-electron chi connectivity index (χ2n) is 3.85. The number of amides is 1. The van der Waals surface area contributed by atoms with Crippen LogP contribution < -0.4 is 20.5 Å². The number of nitrogen functional groups attached to an aromatic ring is 1. The van der Waals surface area contributed by atoms with E-state index in [1.54, 1.807) is 13.0 Å². The average molecular weight is 238 g/mol. The Bertz CT molecular complexity index is 445. The normalized spacial score (nSPS) is 14.5. The third-order valence-corrected chi connectivity index (χ3v) is 2.35. The number of anilines is 1. The van der Waals surface area contributed by atoms with Gasteiger partial charge in [-0.15, -0.1) is 0 Å². The number of carbonyl (C=O) groups is 1. The molecule has 0 fully saturated rings. The predicted molar refractivity (Wildman–Crippen MR) is 61.0 cm³/mol. The monoisotopic (exact) mass is 238 g/mol. The molecule has 17 heavy (non-hydrogen) atoms. The summed E-state index contributed by atoms with van der Waals surface area (Å²) in [7, 11) is 0. The van der Waals surface area contributed by atoms with Gasteiger partial charge < -0.3 is 25.6 Å². The van der Waals surface area contributed by atoms with Crippen molar-refractivity contribution in [2.75, 3.05) is 19.1 Å². The number of nitrogens with one attached hydrogen (secondary N) is 1. The summed E-state index contributed by atoms with van der Waals surface area (Å²) in [5.41, 5.74) is 6.37. The van der Waals surface area contributed by atoms with Crippen molar-refractivity contribution in [3.8, 4) is 11.5 Å². The molecule has 2 rings (SSSR count). The van der Waals surface area contributed by atoms with Gasteiger partial charge in [-0.3, -0.25) is 4.79 Å². The second-order valence-corrected chi connectivity index (χ2v) is 3.85. The fourth-order valence-electron chi connectivity index (χ4n) is 1.49. The van der Waals surface area contributed by atoms with Crippen molar-refractivity contribution in [1.82, 2.24) is 5.32 Å². The van der Waals surface area contributed by atoms with Gasteiger partial charge in [-0.1, -0.05) is 0 Å². The predicted octanol–water partition coefficient (Wildman–Crippen LogP) is 0.108. The van der Waals surface area contributed by atoms with Crippen LogP contribution >= 0.6 is 0 Å². The molecule has 1 aliphatic rings. The van der Waals surface area contributed by atoms with Crippen molar-refractivity contribution in [3.05, 3.63) is 17.7 Å². The van der Waals surface area contributed by atoms with E-state index in [1.165, 1.54) is 6.07 Å². The summed E-state index contributed by atoms with van der Waals surface area (Å²) in [5.74, 6) is 0.692. The molecule has 0 bridgehead atoms. The summed E-state index contributed by atoms with van der Waals surface area (Å²) in [6.07, 6.45) is -0.603. The average Bonchev–Trinajstić information content (AvgIpc) is 2.71. The van der Waals surface area contributed by atoms with Crippen molar-refractivity contribution in [1.29, 1.82) is 0 Å². The summed E-state index contributed by atoms with van der Waals surface area (Å²) in [6.45, 7) is 1.89. The largest absolute Gasteiger partial charge is 0.454 e. The van der Waals surface area contributed by atoms with E-state index in [-0.39, 0.29) is 19.2 Å². The molecule has 0 radical (unpaired) electrons. The van der Waals surface area contributed by atoms with E-state index in [0.29, 0.717) is 22.7 Å². The maximum absolute atomic E-state index is 11.8. The van der Waals surface area contributed by atoms with Gasteiger partial charge in [-0.05, 0) is 13.0 Å². The molecule has 0 aromatic heterocycles. The number of ether oxygens (including phenoxy) is 2. The van der Waals surface area contributed by atoms with Gasteiger partial charge >= 0.3 is 0 Å². The van der Waals surface area contributed by atoms with Crippen LogP contribution in [0.4, 0.5) is 5.69 Å². The van der Waals surface area contributed by atoms with Crippen LogP contribution in [0.2, 0.25) is 0 Å². The van der Waals surface area contributed by atoms with Crippen molar-refractivity contribution in [3.63, 3.8) is 0 Å². The summed E-state index contributed by atoms with van der Waals surface area (Å²) in [6, 6.07) is 3.09. The van der Waals surface area contributed by atoms with Gasteiger partial charge in [0.05, 0.1) is 11.7 Å². The summed E-state index contributed by atoms with van der Waals surface area (Å²) in [4.78, 5) is 11.8. The molecule has 1 amide bonds. The molecule has 0 saturated carbocycles. The first-order valence-electron chi connectivity index (χ1n) is 5.23. The first-order valence-corrected chi connectivity index (χ1v) is 5.23. The van der Waals surface area contributed by atoms with Crippen LogP contribution in [0.25, 0.3) is 0 Å². The van der Waals surface area contributed by atoms with E-state index < -0.39 is 6.10 Å². The number of benzene rings is 1. The molecule has 4 N–H and O–H groups in total. The minimum Gasteiger partial charge on any atom is -0.454 e. The van der Waals surface area contributed by atoms with Crippen molar-refractivity contribution in [2.45, 2.75) is 13.0 Å². The standard InChI is InChI=1S/C11H14N2O4/c1-6(14)4-13-11(15)7-2-9-10(3-8(7)12)17-5-16-9/h2-3,6,14H,4-5,12H2,1H3,(H,13,15)/t6-/m0/s1. The van der Waals surface area contributed by atoms with Crippen LogP contribution in [0.15, 0.2) is 12.1 Å². The highest BCUT2D eigenvalue weighted by atomic mass is 16.7. The van der Waals surface area contributed by atoms with E-state index in [4.69, 9.17) is 20.3 Å². The zero-order valence-electron chi connectivity index (χ0n) is 9.40. The second kappa shape index (κ2) is 4.50. The van der Waals surface area contributed by atoms with Crippen LogP contribution in [-0.2, 0) is 0 Å². The topological polar surface area (TPSA) is 93.8 Å². The Morgan fingerprint density at radius 1 is 1.53 bits per heavy atom. The number of fused-ring (bicyclic) bond motifs is 1. The third kappa shape index (κ3) is 2.42. The fourth-order valence-corrected chi connectivity index (χ4v) is 1.49.